The number of amides is 1. The van der Waals surface area contributed by atoms with Crippen LogP contribution in [-0.2, 0) is 4.79 Å². The molecular formula is C8H14N2O. The van der Waals surface area contributed by atoms with Crippen LogP contribution in [0.25, 0.3) is 0 Å². The van der Waals surface area contributed by atoms with Crippen molar-refractivity contribution in [1.82, 2.24) is 10.2 Å². The minimum absolute atomic E-state index is 0.147. The normalized spacial score (nSPS) is 37.5. The smallest absolute Gasteiger partial charge is 0.239 e. The Morgan fingerprint density at radius 1 is 1.55 bits per heavy atom. The number of likely N-dealkylation sites (tertiary alicyclic amines) is 1. The molecule has 2 aliphatic rings. The fourth-order valence-corrected chi connectivity index (χ4v) is 2.06. The van der Waals surface area contributed by atoms with Gasteiger partial charge >= 0.3 is 0 Å². The monoisotopic (exact) mass is 154 g/mol. The molecule has 0 aromatic heterocycles. The Kier molecular flexibility index (Phi) is 1.60. The van der Waals surface area contributed by atoms with Gasteiger partial charge in [-0.1, -0.05) is 0 Å². The Hall–Kier alpha value is -0.570. The molecule has 0 spiro atoms. The second kappa shape index (κ2) is 2.48. The summed E-state index contributed by atoms with van der Waals surface area (Å²) in [5, 5.41) is 3.25. The molecule has 1 amide bonds. The zero-order valence-electron chi connectivity index (χ0n) is 6.84. The van der Waals surface area contributed by atoms with Crippen LogP contribution >= 0.6 is 0 Å². The molecule has 2 unspecified atom stereocenters. The molecule has 1 N–H and O–H groups in total. The highest BCUT2D eigenvalue weighted by Crippen LogP contribution is 2.24. The van der Waals surface area contributed by atoms with E-state index in [0.29, 0.717) is 11.8 Å². The van der Waals surface area contributed by atoms with Gasteiger partial charge in [0.05, 0.1) is 6.04 Å². The average molecular weight is 154 g/mol. The van der Waals surface area contributed by atoms with Crippen LogP contribution < -0.4 is 5.32 Å². The fraction of sp³-hybridized carbons (Fsp3) is 0.875. The topological polar surface area (TPSA) is 32.3 Å². The predicted octanol–water partition coefficient (Wildman–Crippen LogP) is -0.173. The lowest BCUT2D eigenvalue weighted by molar-refractivity contribution is -0.135. The van der Waals surface area contributed by atoms with Crippen LogP contribution in [0.2, 0.25) is 0 Å². The van der Waals surface area contributed by atoms with Crippen molar-refractivity contribution in [2.75, 3.05) is 20.1 Å². The van der Waals surface area contributed by atoms with Crippen molar-refractivity contribution in [2.45, 2.75) is 18.9 Å². The summed E-state index contributed by atoms with van der Waals surface area (Å²) in [6.45, 7) is 1.97. The second-order valence-electron chi connectivity index (χ2n) is 3.53. The van der Waals surface area contributed by atoms with Crippen LogP contribution in [0.4, 0.5) is 0 Å². The first-order valence-corrected chi connectivity index (χ1v) is 4.27. The third kappa shape index (κ3) is 1.03. The molecule has 2 heterocycles. The van der Waals surface area contributed by atoms with Crippen LogP contribution in [0.1, 0.15) is 12.8 Å². The number of piperidine rings is 1. The lowest BCUT2D eigenvalue weighted by Crippen LogP contribution is -2.49. The molecule has 62 valence electrons. The summed E-state index contributed by atoms with van der Waals surface area (Å²) in [5.74, 6) is 0.914. The maximum Gasteiger partial charge on any atom is 0.239 e. The van der Waals surface area contributed by atoms with E-state index in [9.17, 15) is 4.79 Å². The first-order chi connectivity index (χ1) is 5.29. The van der Waals surface area contributed by atoms with Gasteiger partial charge in [-0.05, 0) is 25.3 Å². The lowest BCUT2D eigenvalue weighted by Gasteiger charge is -2.31. The largest absolute Gasteiger partial charge is 0.344 e. The van der Waals surface area contributed by atoms with E-state index in [-0.39, 0.29) is 6.04 Å². The minimum atomic E-state index is 0.147. The van der Waals surface area contributed by atoms with Gasteiger partial charge in [0.1, 0.15) is 0 Å². The molecule has 11 heavy (non-hydrogen) atoms. The third-order valence-corrected chi connectivity index (χ3v) is 2.83. The Labute approximate surface area is 66.8 Å². The van der Waals surface area contributed by atoms with E-state index in [0.717, 1.165) is 13.1 Å². The summed E-state index contributed by atoms with van der Waals surface area (Å²) in [6, 6.07) is 0.147. The fourth-order valence-electron chi connectivity index (χ4n) is 2.06. The molecule has 0 radical (unpaired) electrons. The highest BCUT2D eigenvalue weighted by molar-refractivity contribution is 5.83. The number of hydrogen-bond donors (Lipinski definition) is 1. The van der Waals surface area contributed by atoms with Crippen molar-refractivity contribution in [2.24, 2.45) is 5.92 Å². The molecule has 3 nitrogen and oxygen atoms in total. The van der Waals surface area contributed by atoms with Crippen molar-refractivity contribution in [1.29, 1.82) is 0 Å². The second-order valence-corrected chi connectivity index (χ2v) is 3.53. The molecule has 0 aliphatic carbocycles. The van der Waals surface area contributed by atoms with E-state index in [4.69, 9.17) is 0 Å². The molecule has 0 aromatic rings. The number of likely N-dealkylation sites (N-methyl/N-ethyl adjacent to an activating group) is 1. The number of nitrogens with one attached hydrogen (secondary N) is 1. The van der Waals surface area contributed by atoms with Crippen molar-refractivity contribution in [3.05, 3.63) is 0 Å². The summed E-state index contributed by atoms with van der Waals surface area (Å²) >= 11 is 0. The van der Waals surface area contributed by atoms with E-state index < -0.39 is 0 Å². The van der Waals surface area contributed by atoms with Crippen molar-refractivity contribution < 1.29 is 4.79 Å². The van der Waals surface area contributed by atoms with Gasteiger partial charge in [-0.2, -0.15) is 0 Å². The minimum Gasteiger partial charge on any atom is -0.344 e. The molecule has 2 fully saturated rings. The van der Waals surface area contributed by atoms with Crippen LogP contribution in [0.5, 0.6) is 0 Å². The van der Waals surface area contributed by atoms with Crippen molar-refractivity contribution in [3.8, 4) is 0 Å². The molecule has 2 aliphatic heterocycles. The van der Waals surface area contributed by atoms with E-state index in [1.165, 1.54) is 12.8 Å². The number of hydrogen-bond acceptors (Lipinski definition) is 2. The number of nitrogens with zero attached hydrogens (tertiary/aromatic N) is 1. The highest BCUT2D eigenvalue weighted by Gasteiger charge is 2.37. The predicted molar refractivity (Wildman–Crippen MR) is 42.2 cm³/mol. The van der Waals surface area contributed by atoms with Crippen molar-refractivity contribution in [3.63, 3.8) is 0 Å². The SMILES string of the molecule is CN1CCC2CCNC2C1=O. The van der Waals surface area contributed by atoms with E-state index >= 15 is 0 Å². The molecule has 0 saturated carbocycles. The summed E-state index contributed by atoms with van der Waals surface area (Å²) in [5.41, 5.74) is 0. The van der Waals surface area contributed by atoms with Gasteiger partial charge in [-0.25, -0.2) is 0 Å². The van der Waals surface area contributed by atoms with Crippen LogP contribution in [0, 0.1) is 5.92 Å². The van der Waals surface area contributed by atoms with E-state index in [1.807, 2.05) is 11.9 Å². The number of carbonyl (C=O) groups is 1. The molecule has 2 atom stereocenters. The molecule has 2 saturated heterocycles. The van der Waals surface area contributed by atoms with E-state index in [1.54, 1.807) is 0 Å². The Morgan fingerprint density at radius 3 is 3.18 bits per heavy atom. The van der Waals surface area contributed by atoms with Gasteiger partial charge < -0.3 is 10.2 Å². The van der Waals surface area contributed by atoms with E-state index in [2.05, 4.69) is 5.32 Å². The van der Waals surface area contributed by atoms with Crippen LogP contribution in [0.15, 0.2) is 0 Å². The Balaban J connectivity index is 2.12. The van der Waals surface area contributed by atoms with Gasteiger partial charge in [-0.3, -0.25) is 4.79 Å². The Morgan fingerprint density at radius 2 is 2.36 bits per heavy atom. The molecular weight excluding hydrogens is 140 g/mol. The first-order valence-electron chi connectivity index (χ1n) is 4.27. The van der Waals surface area contributed by atoms with Crippen molar-refractivity contribution >= 4 is 5.91 Å². The maximum atomic E-state index is 11.5. The maximum absolute atomic E-state index is 11.5. The number of carbonyl (C=O) groups excluding carboxylic acids is 1. The molecule has 0 bridgehead atoms. The molecule has 2 rings (SSSR count). The van der Waals surface area contributed by atoms with Gasteiger partial charge in [0.15, 0.2) is 0 Å². The first kappa shape index (κ1) is 7.10. The summed E-state index contributed by atoms with van der Waals surface area (Å²) < 4.78 is 0. The number of rotatable bonds is 0. The quantitative estimate of drug-likeness (QED) is 0.525. The Bertz CT molecular complexity index is 181. The zero-order valence-corrected chi connectivity index (χ0v) is 6.84. The van der Waals surface area contributed by atoms with Crippen LogP contribution in [-0.4, -0.2) is 37.0 Å². The van der Waals surface area contributed by atoms with Gasteiger partial charge in [0.25, 0.3) is 0 Å². The average Bonchev–Trinajstić information content (AvgIpc) is 2.45. The van der Waals surface area contributed by atoms with Gasteiger partial charge in [0.2, 0.25) is 5.91 Å². The molecule has 3 heteroatoms. The van der Waals surface area contributed by atoms with Gasteiger partial charge in [0, 0.05) is 13.6 Å². The zero-order chi connectivity index (χ0) is 7.84. The molecule has 0 aromatic carbocycles. The highest BCUT2D eigenvalue weighted by atomic mass is 16.2. The van der Waals surface area contributed by atoms with Gasteiger partial charge in [-0.15, -0.1) is 0 Å². The lowest BCUT2D eigenvalue weighted by atomic mass is 9.92. The standard InChI is InChI=1S/C8H14N2O/c1-10-5-3-6-2-4-9-7(6)8(10)11/h6-7,9H,2-5H2,1H3. The summed E-state index contributed by atoms with van der Waals surface area (Å²) in [4.78, 5) is 13.3. The summed E-state index contributed by atoms with van der Waals surface area (Å²) in [7, 11) is 1.89. The summed E-state index contributed by atoms with van der Waals surface area (Å²) in [6.07, 6.45) is 2.37. The van der Waals surface area contributed by atoms with Crippen LogP contribution in [0.3, 0.4) is 0 Å². The number of fused-ring (bicyclic) bond motifs is 1. The third-order valence-electron chi connectivity index (χ3n) is 2.83.